The summed E-state index contributed by atoms with van der Waals surface area (Å²) in [5.74, 6) is 0.884. The van der Waals surface area contributed by atoms with Gasteiger partial charge in [-0.1, -0.05) is 13.0 Å². The number of ether oxygens (including phenoxy) is 1. The number of rotatable bonds is 5. The maximum atomic E-state index is 5.37. The van der Waals surface area contributed by atoms with Crippen LogP contribution >= 0.6 is 11.3 Å². The first kappa shape index (κ1) is 12.9. The van der Waals surface area contributed by atoms with E-state index in [1.807, 2.05) is 12.3 Å². The zero-order chi connectivity index (χ0) is 13.0. The second-order valence-electron chi connectivity index (χ2n) is 4.13. The topological polar surface area (TPSA) is 34.2 Å². The van der Waals surface area contributed by atoms with Gasteiger partial charge in [0.1, 0.15) is 5.75 Å². The maximum Gasteiger partial charge on any atom is 0.142 e. The summed E-state index contributed by atoms with van der Waals surface area (Å²) < 4.78 is 5.37. The standard InChI is InChI=1S/C14H18N2OS/c1-4-14-16-9-11(18-14)8-15-12-6-5-10(2)7-13(12)17-3/h5-7,9,15H,4,8H2,1-3H3. The summed E-state index contributed by atoms with van der Waals surface area (Å²) in [5.41, 5.74) is 2.22. The molecule has 1 aromatic carbocycles. The molecule has 1 aromatic heterocycles. The van der Waals surface area contributed by atoms with Gasteiger partial charge in [-0.15, -0.1) is 11.3 Å². The van der Waals surface area contributed by atoms with Crippen LogP contribution in [0.25, 0.3) is 0 Å². The average molecular weight is 262 g/mol. The zero-order valence-electron chi connectivity index (χ0n) is 11.0. The Balaban J connectivity index is 2.05. The van der Waals surface area contributed by atoms with Crippen LogP contribution < -0.4 is 10.1 Å². The smallest absolute Gasteiger partial charge is 0.142 e. The molecule has 0 saturated heterocycles. The molecule has 1 heterocycles. The lowest BCUT2D eigenvalue weighted by atomic mass is 10.2. The Morgan fingerprint density at radius 2 is 2.22 bits per heavy atom. The van der Waals surface area contributed by atoms with E-state index < -0.39 is 0 Å². The zero-order valence-corrected chi connectivity index (χ0v) is 11.8. The third-order valence-electron chi connectivity index (χ3n) is 2.71. The first-order chi connectivity index (χ1) is 8.72. The Hall–Kier alpha value is -1.55. The van der Waals surface area contributed by atoms with Gasteiger partial charge >= 0.3 is 0 Å². The minimum absolute atomic E-state index is 0.789. The van der Waals surface area contributed by atoms with Crippen molar-refractivity contribution in [2.45, 2.75) is 26.8 Å². The summed E-state index contributed by atoms with van der Waals surface area (Å²) in [7, 11) is 1.70. The van der Waals surface area contributed by atoms with E-state index in [4.69, 9.17) is 4.74 Å². The normalized spacial score (nSPS) is 10.4. The molecule has 0 aliphatic heterocycles. The summed E-state index contributed by atoms with van der Waals surface area (Å²) in [5, 5.41) is 4.57. The van der Waals surface area contributed by atoms with E-state index in [2.05, 4.69) is 36.3 Å². The van der Waals surface area contributed by atoms with Crippen LogP contribution in [0.4, 0.5) is 5.69 Å². The van der Waals surface area contributed by atoms with E-state index in [-0.39, 0.29) is 0 Å². The fraction of sp³-hybridized carbons (Fsp3) is 0.357. The van der Waals surface area contributed by atoms with E-state index in [0.717, 1.165) is 24.4 Å². The molecule has 2 aromatic rings. The van der Waals surface area contributed by atoms with Gasteiger partial charge in [0, 0.05) is 11.1 Å². The van der Waals surface area contributed by atoms with Gasteiger partial charge in [-0.25, -0.2) is 4.98 Å². The van der Waals surface area contributed by atoms with Crippen molar-refractivity contribution in [3.05, 3.63) is 39.8 Å². The van der Waals surface area contributed by atoms with E-state index in [1.54, 1.807) is 18.4 Å². The molecule has 0 atom stereocenters. The molecular weight excluding hydrogens is 244 g/mol. The number of nitrogens with zero attached hydrogens (tertiary/aromatic N) is 1. The van der Waals surface area contributed by atoms with E-state index in [1.165, 1.54) is 15.4 Å². The number of hydrogen-bond donors (Lipinski definition) is 1. The lowest BCUT2D eigenvalue weighted by Gasteiger charge is -2.10. The molecule has 3 nitrogen and oxygen atoms in total. The lowest BCUT2D eigenvalue weighted by Crippen LogP contribution is -2.00. The average Bonchev–Trinajstić information content (AvgIpc) is 2.85. The summed E-state index contributed by atoms with van der Waals surface area (Å²) in [6.45, 7) is 4.97. The molecule has 0 radical (unpaired) electrons. The Morgan fingerprint density at radius 3 is 2.89 bits per heavy atom. The fourth-order valence-electron chi connectivity index (χ4n) is 1.72. The van der Waals surface area contributed by atoms with Gasteiger partial charge in [0.25, 0.3) is 0 Å². The second kappa shape index (κ2) is 5.87. The minimum Gasteiger partial charge on any atom is -0.495 e. The van der Waals surface area contributed by atoms with Gasteiger partial charge < -0.3 is 10.1 Å². The monoisotopic (exact) mass is 262 g/mol. The second-order valence-corrected chi connectivity index (χ2v) is 5.33. The summed E-state index contributed by atoms with van der Waals surface area (Å²) in [6.07, 6.45) is 2.94. The number of benzene rings is 1. The van der Waals surface area contributed by atoms with Crippen molar-refractivity contribution < 1.29 is 4.74 Å². The van der Waals surface area contributed by atoms with Gasteiger partial charge in [0.15, 0.2) is 0 Å². The third-order valence-corrected chi connectivity index (χ3v) is 3.86. The number of anilines is 1. The number of aromatic nitrogens is 1. The van der Waals surface area contributed by atoms with Crippen molar-refractivity contribution in [1.82, 2.24) is 4.98 Å². The van der Waals surface area contributed by atoms with Crippen LogP contribution in [0.2, 0.25) is 0 Å². The van der Waals surface area contributed by atoms with Crippen molar-refractivity contribution in [2.75, 3.05) is 12.4 Å². The lowest BCUT2D eigenvalue weighted by molar-refractivity contribution is 0.416. The molecule has 96 valence electrons. The molecule has 0 unspecified atom stereocenters. The van der Waals surface area contributed by atoms with Crippen molar-refractivity contribution in [2.24, 2.45) is 0 Å². The SMILES string of the molecule is CCc1ncc(CNc2ccc(C)cc2OC)s1. The van der Waals surface area contributed by atoms with Crippen molar-refractivity contribution in [3.63, 3.8) is 0 Å². The number of thiazole rings is 1. The molecule has 0 spiro atoms. The first-order valence-electron chi connectivity index (χ1n) is 6.05. The van der Waals surface area contributed by atoms with E-state index >= 15 is 0 Å². The number of aryl methyl sites for hydroxylation is 2. The van der Waals surface area contributed by atoms with E-state index in [0.29, 0.717) is 0 Å². The molecule has 0 aliphatic rings. The molecule has 0 bridgehead atoms. The summed E-state index contributed by atoms with van der Waals surface area (Å²) in [6, 6.07) is 6.16. The molecule has 18 heavy (non-hydrogen) atoms. The van der Waals surface area contributed by atoms with Crippen LogP contribution in [0.1, 0.15) is 22.4 Å². The Bertz CT molecular complexity index is 522. The predicted octanol–water partition coefficient (Wildman–Crippen LogP) is 3.63. The number of hydrogen-bond acceptors (Lipinski definition) is 4. The van der Waals surface area contributed by atoms with Gasteiger partial charge in [0.05, 0.1) is 24.3 Å². The maximum absolute atomic E-state index is 5.37. The highest BCUT2D eigenvalue weighted by Gasteiger charge is 2.04. The summed E-state index contributed by atoms with van der Waals surface area (Å²) in [4.78, 5) is 5.60. The number of methoxy groups -OCH3 is 1. The molecule has 0 aliphatic carbocycles. The van der Waals surface area contributed by atoms with Gasteiger partial charge in [0.2, 0.25) is 0 Å². The van der Waals surface area contributed by atoms with Crippen LogP contribution in [0, 0.1) is 6.92 Å². The minimum atomic E-state index is 0.789. The van der Waals surface area contributed by atoms with Crippen molar-refractivity contribution >= 4 is 17.0 Å². The first-order valence-corrected chi connectivity index (χ1v) is 6.86. The van der Waals surface area contributed by atoms with Crippen LogP contribution in [0.15, 0.2) is 24.4 Å². The quantitative estimate of drug-likeness (QED) is 0.893. The van der Waals surface area contributed by atoms with Gasteiger partial charge in [-0.2, -0.15) is 0 Å². The highest BCUT2D eigenvalue weighted by atomic mass is 32.1. The van der Waals surface area contributed by atoms with Crippen molar-refractivity contribution in [3.8, 4) is 5.75 Å². The molecule has 1 N–H and O–H groups in total. The van der Waals surface area contributed by atoms with Crippen molar-refractivity contribution in [1.29, 1.82) is 0 Å². The van der Waals surface area contributed by atoms with Crippen LogP contribution in [0.5, 0.6) is 5.75 Å². The highest BCUT2D eigenvalue weighted by molar-refractivity contribution is 7.11. The Morgan fingerprint density at radius 1 is 1.39 bits per heavy atom. The van der Waals surface area contributed by atoms with Gasteiger partial charge in [-0.05, 0) is 31.0 Å². The largest absolute Gasteiger partial charge is 0.495 e. The molecule has 0 saturated carbocycles. The third kappa shape index (κ3) is 3.01. The Labute approximate surface area is 112 Å². The summed E-state index contributed by atoms with van der Waals surface area (Å²) >= 11 is 1.75. The molecule has 2 rings (SSSR count). The molecule has 0 fully saturated rings. The number of nitrogens with one attached hydrogen (secondary N) is 1. The molecule has 0 amide bonds. The van der Waals surface area contributed by atoms with E-state index in [9.17, 15) is 0 Å². The van der Waals surface area contributed by atoms with Crippen LogP contribution in [-0.4, -0.2) is 12.1 Å². The highest BCUT2D eigenvalue weighted by Crippen LogP contribution is 2.26. The fourth-order valence-corrected chi connectivity index (χ4v) is 2.52. The molecule has 4 heteroatoms. The van der Waals surface area contributed by atoms with Crippen LogP contribution in [0.3, 0.4) is 0 Å². The molecular formula is C14H18N2OS. The predicted molar refractivity (Wildman–Crippen MR) is 76.5 cm³/mol. The Kier molecular flexibility index (Phi) is 4.20. The van der Waals surface area contributed by atoms with Gasteiger partial charge in [-0.3, -0.25) is 0 Å². The van der Waals surface area contributed by atoms with Crippen LogP contribution in [-0.2, 0) is 13.0 Å².